The van der Waals surface area contributed by atoms with Crippen molar-refractivity contribution in [1.29, 1.82) is 0 Å². The smallest absolute Gasteiger partial charge is 0.123 e. The minimum Gasteiger partial charge on any atom is -0.496 e. The zero-order valence-electron chi connectivity index (χ0n) is 10.1. The van der Waals surface area contributed by atoms with Crippen LogP contribution in [0.4, 0.5) is 4.39 Å². The molecule has 0 saturated carbocycles. The molecule has 0 saturated heterocycles. The van der Waals surface area contributed by atoms with Crippen LogP contribution in [0.2, 0.25) is 0 Å². The number of halogens is 2. The van der Waals surface area contributed by atoms with E-state index < -0.39 is 0 Å². The van der Waals surface area contributed by atoms with Gasteiger partial charge in [-0.15, -0.1) is 11.6 Å². The minimum absolute atomic E-state index is 0.301. The summed E-state index contributed by atoms with van der Waals surface area (Å²) in [6, 6.07) is 14.3. The summed E-state index contributed by atoms with van der Waals surface area (Å²) in [5, 5.41) is -0.307. The number of rotatable bonds is 4. The Morgan fingerprint density at radius 3 is 2.56 bits per heavy atom. The molecule has 2 aromatic rings. The van der Waals surface area contributed by atoms with E-state index in [1.54, 1.807) is 13.2 Å². The van der Waals surface area contributed by atoms with Crippen molar-refractivity contribution in [3.05, 3.63) is 65.5 Å². The lowest BCUT2D eigenvalue weighted by atomic mass is 10.0. The standard InChI is InChI=1S/C15H14ClFO/c1-18-15-8-7-12(17)10-13(15)14(16)9-11-5-3-2-4-6-11/h2-8,10,14H,9H2,1H3. The third-order valence-corrected chi connectivity index (χ3v) is 3.18. The van der Waals surface area contributed by atoms with Gasteiger partial charge in [-0.05, 0) is 30.2 Å². The molecule has 0 aliphatic carbocycles. The van der Waals surface area contributed by atoms with Crippen LogP contribution in [0.3, 0.4) is 0 Å². The summed E-state index contributed by atoms with van der Waals surface area (Å²) in [6.07, 6.45) is 0.641. The monoisotopic (exact) mass is 264 g/mol. The summed E-state index contributed by atoms with van der Waals surface area (Å²) in [7, 11) is 1.56. The van der Waals surface area contributed by atoms with Crippen LogP contribution in [0, 0.1) is 5.82 Å². The van der Waals surface area contributed by atoms with Gasteiger partial charge >= 0.3 is 0 Å². The largest absolute Gasteiger partial charge is 0.496 e. The number of methoxy groups -OCH3 is 1. The molecular weight excluding hydrogens is 251 g/mol. The molecule has 0 bridgehead atoms. The third kappa shape index (κ3) is 3.02. The Labute approximate surface area is 111 Å². The Hall–Kier alpha value is -1.54. The van der Waals surface area contributed by atoms with Crippen molar-refractivity contribution < 1.29 is 9.13 Å². The number of hydrogen-bond acceptors (Lipinski definition) is 1. The Morgan fingerprint density at radius 1 is 1.17 bits per heavy atom. The average molecular weight is 265 g/mol. The zero-order chi connectivity index (χ0) is 13.0. The molecule has 0 aliphatic rings. The maximum absolute atomic E-state index is 13.3. The predicted octanol–water partition coefficient (Wildman–Crippen LogP) is 4.36. The van der Waals surface area contributed by atoms with E-state index in [0.717, 1.165) is 5.56 Å². The topological polar surface area (TPSA) is 9.23 Å². The highest BCUT2D eigenvalue weighted by Gasteiger charge is 2.15. The van der Waals surface area contributed by atoms with Gasteiger partial charge in [0.25, 0.3) is 0 Å². The second-order valence-corrected chi connectivity index (χ2v) is 4.57. The predicted molar refractivity (Wildman–Crippen MR) is 71.7 cm³/mol. The SMILES string of the molecule is COc1ccc(F)cc1C(Cl)Cc1ccccc1. The molecule has 1 nitrogen and oxygen atoms in total. The molecule has 2 rings (SSSR count). The highest BCUT2D eigenvalue weighted by Crippen LogP contribution is 2.32. The van der Waals surface area contributed by atoms with Gasteiger partial charge in [0.2, 0.25) is 0 Å². The molecule has 2 aromatic carbocycles. The van der Waals surface area contributed by atoms with Crippen LogP contribution in [0.1, 0.15) is 16.5 Å². The molecule has 0 amide bonds. The number of hydrogen-bond donors (Lipinski definition) is 0. The quantitative estimate of drug-likeness (QED) is 0.746. The fraction of sp³-hybridized carbons (Fsp3) is 0.200. The van der Waals surface area contributed by atoms with Gasteiger partial charge in [-0.2, -0.15) is 0 Å². The second kappa shape index (κ2) is 5.87. The van der Waals surface area contributed by atoms with Crippen molar-refractivity contribution in [3.8, 4) is 5.75 Å². The van der Waals surface area contributed by atoms with E-state index in [1.165, 1.54) is 12.1 Å². The maximum atomic E-state index is 13.3. The molecule has 18 heavy (non-hydrogen) atoms. The average Bonchev–Trinajstić information content (AvgIpc) is 2.40. The van der Waals surface area contributed by atoms with Crippen LogP contribution in [0.25, 0.3) is 0 Å². The Bertz CT molecular complexity index is 513. The molecule has 0 N–H and O–H groups in total. The lowest BCUT2D eigenvalue weighted by Gasteiger charge is -2.14. The van der Waals surface area contributed by atoms with E-state index in [1.807, 2.05) is 30.3 Å². The first-order valence-electron chi connectivity index (χ1n) is 5.72. The fourth-order valence-corrected chi connectivity index (χ4v) is 2.23. The zero-order valence-corrected chi connectivity index (χ0v) is 10.8. The summed E-state index contributed by atoms with van der Waals surface area (Å²) in [5.41, 5.74) is 1.80. The number of ether oxygens (including phenoxy) is 1. The van der Waals surface area contributed by atoms with Gasteiger partial charge < -0.3 is 4.74 Å². The van der Waals surface area contributed by atoms with Gasteiger partial charge in [0.1, 0.15) is 11.6 Å². The molecule has 1 unspecified atom stereocenters. The van der Waals surface area contributed by atoms with E-state index in [9.17, 15) is 4.39 Å². The molecule has 0 fully saturated rings. The summed E-state index contributed by atoms with van der Waals surface area (Å²) in [4.78, 5) is 0. The first-order chi connectivity index (χ1) is 8.70. The molecule has 94 valence electrons. The first-order valence-corrected chi connectivity index (χ1v) is 6.16. The van der Waals surface area contributed by atoms with Crippen molar-refractivity contribution in [1.82, 2.24) is 0 Å². The van der Waals surface area contributed by atoms with Crippen molar-refractivity contribution in [2.75, 3.05) is 7.11 Å². The van der Waals surface area contributed by atoms with E-state index in [4.69, 9.17) is 16.3 Å². The molecule has 0 spiro atoms. The lowest BCUT2D eigenvalue weighted by Crippen LogP contribution is -2.00. The molecule has 0 aromatic heterocycles. The molecular formula is C15H14ClFO. The third-order valence-electron chi connectivity index (χ3n) is 2.79. The van der Waals surface area contributed by atoms with E-state index in [2.05, 4.69) is 0 Å². The molecule has 0 heterocycles. The van der Waals surface area contributed by atoms with Crippen molar-refractivity contribution in [2.45, 2.75) is 11.8 Å². The fourth-order valence-electron chi connectivity index (χ4n) is 1.88. The van der Waals surface area contributed by atoms with Crippen molar-refractivity contribution >= 4 is 11.6 Å². The van der Waals surface area contributed by atoms with Gasteiger partial charge in [-0.3, -0.25) is 0 Å². The van der Waals surface area contributed by atoms with E-state index in [-0.39, 0.29) is 11.2 Å². The van der Waals surface area contributed by atoms with Crippen molar-refractivity contribution in [2.24, 2.45) is 0 Å². The highest BCUT2D eigenvalue weighted by atomic mass is 35.5. The highest BCUT2D eigenvalue weighted by molar-refractivity contribution is 6.21. The Balaban J connectivity index is 2.23. The summed E-state index contributed by atoms with van der Waals surface area (Å²) in [5.74, 6) is 0.317. The number of alkyl halides is 1. The summed E-state index contributed by atoms with van der Waals surface area (Å²) >= 11 is 6.35. The minimum atomic E-state index is -0.307. The van der Waals surface area contributed by atoms with Gasteiger partial charge in [-0.25, -0.2) is 4.39 Å². The van der Waals surface area contributed by atoms with Crippen LogP contribution in [0.15, 0.2) is 48.5 Å². The Morgan fingerprint density at radius 2 is 1.89 bits per heavy atom. The molecule has 3 heteroatoms. The first kappa shape index (κ1) is 12.9. The van der Waals surface area contributed by atoms with Crippen LogP contribution < -0.4 is 4.74 Å². The maximum Gasteiger partial charge on any atom is 0.123 e. The van der Waals surface area contributed by atoms with Crippen LogP contribution in [-0.4, -0.2) is 7.11 Å². The van der Waals surface area contributed by atoms with Crippen LogP contribution in [-0.2, 0) is 6.42 Å². The normalized spacial score (nSPS) is 12.2. The van der Waals surface area contributed by atoms with Gasteiger partial charge in [0, 0.05) is 5.56 Å². The number of benzene rings is 2. The van der Waals surface area contributed by atoms with E-state index in [0.29, 0.717) is 17.7 Å². The lowest BCUT2D eigenvalue weighted by molar-refractivity contribution is 0.407. The van der Waals surface area contributed by atoms with Crippen LogP contribution in [0.5, 0.6) is 5.75 Å². The summed E-state index contributed by atoms with van der Waals surface area (Å²) < 4.78 is 18.5. The van der Waals surface area contributed by atoms with Gasteiger partial charge in [0.15, 0.2) is 0 Å². The molecule has 1 atom stereocenters. The Kier molecular flexibility index (Phi) is 4.21. The second-order valence-electron chi connectivity index (χ2n) is 4.04. The molecule has 0 radical (unpaired) electrons. The molecule has 0 aliphatic heterocycles. The van der Waals surface area contributed by atoms with Gasteiger partial charge in [-0.1, -0.05) is 30.3 Å². The summed E-state index contributed by atoms with van der Waals surface area (Å²) in [6.45, 7) is 0. The van der Waals surface area contributed by atoms with E-state index >= 15 is 0 Å². The van der Waals surface area contributed by atoms with Crippen molar-refractivity contribution in [3.63, 3.8) is 0 Å². The van der Waals surface area contributed by atoms with Crippen LogP contribution >= 0.6 is 11.6 Å². The van der Waals surface area contributed by atoms with Gasteiger partial charge in [0.05, 0.1) is 12.5 Å².